The van der Waals surface area contributed by atoms with Crippen molar-refractivity contribution in [2.75, 3.05) is 12.3 Å². The first-order valence-electron chi connectivity index (χ1n) is 6.95. The minimum Gasteiger partial charge on any atom is -0.492 e. The molecule has 1 aliphatic rings. The van der Waals surface area contributed by atoms with E-state index in [9.17, 15) is 0 Å². The minimum absolute atomic E-state index is 0.267. The molecule has 21 heavy (non-hydrogen) atoms. The third-order valence-electron chi connectivity index (χ3n) is 3.59. The molecular weight excluding hydrogens is 286 g/mol. The topological polar surface area (TPSA) is 59.3 Å². The first-order valence-corrected chi connectivity index (χ1v) is 7.33. The summed E-state index contributed by atoms with van der Waals surface area (Å²) in [6.45, 7) is 0.612. The van der Waals surface area contributed by atoms with E-state index < -0.39 is 0 Å². The molecule has 4 N–H and O–H groups in total. The molecule has 1 saturated heterocycles. The Bertz CT molecular complexity index is 585. The van der Waals surface area contributed by atoms with Crippen molar-refractivity contribution >= 4 is 17.3 Å². The van der Waals surface area contributed by atoms with E-state index in [4.69, 9.17) is 22.1 Å². The Morgan fingerprint density at radius 1 is 1.05 bits per heavy atom. The number of halogens is 1. The zero-order chi connectivity index (χ0) is 14.7. The number of nitrogens with two attached hydrogens (primary N) is 1. The Morgan fingerprint density at radius 3 is 2.48 bits per heavy atom. The standard InChI is InChI=1S/C16H18ClN3O/c17-12-3-1-11(2-4-12)16-9-14(19-20-16)10-21-15-7-5-13(18)6-8-15/h1-8,14,16,19-20H,9-10,18H2. The van der Waals surface area contributed by atoms with Crippen LogP contribution >= 0.6 is 11.6 Å². The van der Waals surface area contributed by atoms with Gasteiger partial charge in [-0.3, -0.25) is 5.43 Å². The number of nitrogen functional groups attached to an aromatic ring is 1. The van der Waals surface area contributed by atoms with E-state index in [-0.39, 0.29) is 12.1 Å². The van der Waals surface area contributed by atoms with Gasteiger partial charge in [0.1, 0.15) is 12.4 Å². The molecule has 0 aromatic heterocycles. The SMILES string of the molecule is Nc1ccc(OCC2CC(c3ccc(Cl)cc3)NN2)cc1. The van der Waals surface area contributed by atoms with Gasteiger partial charge >= 0.3 is 0 Å². The molecule has 2 atom stereocenters. The maximum absolute atomic E-state index is 5.91. The predicted octanol–water partition coefficient (Wildman–Crippen LogP) is 2.91. The molecule has 0 spiro atoms. The van der Waals surface area contributed by atoms with Gasteiger partial charge in [-0.2, -0.15) is 0 Å². The fourth-order valence-corrected chi connectivity index (χ4v) is 2.53. The molecule has 2 aromatic rings. The molecule has 0 aliphatic carbocycles. The molecule has 0 radical (unpaired) electrons. The lowest BCUT2D eigenvalue weighted by atomic mass is 10.0. The maximum Gasteiger partial charge on any atom is 0.119 e. The highest BCUT2D eigenvalue weighted by atomic mass is 35.5. The predicted molar refractivity (Wildman–Crippen MR) is 85.2 cm³/mol. The number of ether oxygens (including phenoxy) is 1. The highest BCUT2D eigenvalue weighted by molar-refractivity contribution is 6.30. The van der Waals surface area contributed by atoms with Gasteiger partial charge < -0.3 is 10.5 Å². The Balaban J connectivity index is 1.52. The molecular formula is C16H18ClN3O. The lowest BCUT2D eigenvalue weighted by Crippen LogP contribution is -2.34. The van der Waals surface area contributed by atoms with Crippen LogP contribution in [-0.4, -0.2) is 12.6 Å². The molecule has 2 unspecified atom stereocenters. The summed E-state index contributed by atoms with van der Waals surface area (Å²) in [6.07, 6.45) is 0.969. The average Bonchev–Trinajstić information content (AvgIpc) is 2.96. The number of anilines is 1. The van der Waals surface area contributed by atoms with Crippen LogP contribution in [0.1, 0.15) is 18.0 Å². The Morgan fingerprint density at radius 2 is 1.76 bits per heavy atom. The van der Waals surface area contributed by atoms with Crippen molar-refractivity contribution in [1.82, 2.24) is 10.9 Å². The van der Waals surface area contributed by atoms with Crippen molar-refractivity contribution in [1.29, 1.82) is 0 Å². The number of benzene rings is 2. The zero-order valence-corrected chi connectivity index (χ0v) is 12.3. The molecule has 5 heteroatoms. The van der Waals surface area contributed by atoms with Crippen molar-refractivity contribution in [3.63, 3.8) is 0 Å². The molecule has 2 aromatic carbocycles. The minimum atomic E-state index is 0.267. The lowest BCUT2D eigenvalue weighted by molar-refractivity contribution is 0.273. The van der Waals surface area contributed by atoms with Gasteiger partial charge in [-0.05, 0) is 48.4 Å². The fraction of sp³-hybridized carbons (Fsp3) is 0.250. The monoisotopic (exact) mass is 303 g/mol. The number of hydrazine groups is 1. The number of hydrogen-bond acceptors (Lipinski definition) is 4. The highest BCUT2D eigenvalue weighted by Gasteiger charge is 2.25. The van der Waals surface area contributed by atoms with E-state index in [0.717, 1.165) is 22.9 Å². The normalized spacial score (nSPS) is 21.4. The highest BCUT2D eigenvalue weighted by Crippen LogP contribution is 2.24. The molecule has 110 valence electrons. The maximum atomic E-state index is 5.91. The van der Waals surface area contributed by atoms with Gasteiger partial charge in [-0.15, -0.1) is 0 Å². The third-order valence-corrected chi connectivity index (χ3v) is 3.84. The summed E-state index contributed by atoms with van der Waals surface area (Å²) >= 11 is 5.91. The quantitative estimate of drug-likeness (QED) is 0.760. The summed E-state index contributed by atoms with van der Waals surface area (Å²) in [4.78, 5) is 0. The van der Waals surface area contributed by atoms with Crippen LogP contribution in [0, 0.1) is 0 Å². The summed E-state index contributed by atoms with van der Waals surface area (Å²) in [5.74, 6) is 0.834. The second-order valence-electron chi connectivity index (χ2n) is 5.21. The summed E-state index contributed by atoms with van der Waals surface area (Å²) in [5, 5.41) is 0.757. The smallest absolute Gasteiger partial charge is 0.119 e. The zero-order valence-electron chi connectivity index (χ0n) is 11.6. The second kappa shape index (κ2) is 6.35. The van der Waals surface area contributed by atoms with Crippen molar-refractivity contribution in [3.05, 3.63) is 59.1 Å². The van der Waals surface area contributed by atoms with E-state index in [0.29, 0.717) is 6.61 Å². The van der Waals surface area contributed by atoms with Gasteiger partial charge in [0.2, 0.25) is 0 Å². The molecule has 1 fully saturated rings. The summed E-state index contributed by atoms with van der Waals surface area (Å²) < 4.78 is 5.77. The number of hydrogen-bond donors (Lipinski definition) is 3. The molecule has 4 nitrogen and oxygen atoms in total. The Labute approximate surface area is 129 Å². The van der Waals surface area contributed by atoms with Crippen LogP contribution in [0.2, 0.25) is 5.02 Å². The van der Waals surface area contributed by atoms with Crippen LogP contribution in [0.15, 0.2) is 48.5 Å². The van der Waals surface area contributed by atoms with E-state index in [1.165, 1.54) is 5.56 Å². The van der Waals surface area contributed by atoms with E-state index in [2.05, 4.69) is 10.9 Å². The Kier molecular flexibility index (Phi) is 4.29. The number of rotatable bonds is 4. The second-order valence-corrected chi connectivity index (χ2v) is 5.64. The van der Waals surface area contributed by atoms with Crippen molar-refractivity contribution in [3.8, 4) is 5.75 Å². The van der Waals surface area contributed by atoms with Crippen LogP contribution in [-0.2, 0) is 0 Å². The van der Waals surface area contributed by atoms with E-state index in [1.807, 2.05) is 48.5 Å². The first-order chi connectivity index (χ1) is 10.2. The summed E-state index contributed by atoms with van der Waals surface area (Å²) in [6, 6.07) is 15.9. The van der Waals surface area contributed by atoms with Gasteiger partial charge in [0.05, 0.1) is 6.04 Å². The molecule has 0 bridgehead atoms. The van der Waals surface area contributed by atoms with Crippen LogP contribution < -0.4 is 21.3 Å². The van der Waals surface area contributed by atoms with Gasteiger partial charge in [-0.1, -0.05) is 23.7 Å². The fourth-order valence-electron chi connectivity index (χ4n) is 2.41. The van der Waals surface area contributed by atoms with Gasteiger partial charge in [0.15, 0.2) is 0 Å². The third kappa shape index (κ3) is 3.67. The first kappa shape index (κ1) is 14.2. The largest absolute Gasteiger partial charge is 0.492 e. The van der Waals surface area contributed by atoms with Crippen LogP contribution in [0.25, 0.3) is 0 Å². The van der Waals surface area contributed by atoms with Gasteiger partial charge in [-0.25, -0.2) is 5.43 Å². The Hall–Kier alpha value is -1.75. The van der Waals surface area contributed by atoms with E-state index in [1.54, 1.807) is 0 Å². The van der Waals surface area contributed by atoms with Crippen LogP contribution in [0.4, 0.5) is 5.69 Å². The van der Waals surface area contributed by atoms with Gasteiger partial charge in [0.25, 0.3) is 0 Å². The van der Waals surface area contributed by atoms with E-state index >= 15 is 0 Å². The van der Waals surface area contributed by atoms with Crippen LogP contribution in [0.5, 0.6) is 5.75 Å². The lowest BCUT2D eigenvalue weighted by Gasteiger charge is -2.12. The molecule has 0 amide bonds. The van der Waals surface area contributed by atoms with Crippen molar-refractivity contribution < 1.29 is 4.74 Å². The molecule has 1 heterocycles. The van der Waals surface area contributed by atoms with Crippen molar-refractivity contribution in [2.24, 2.45) is 0 Å². The van der Waals surface area contributed by atoms with Crippen LogP contribution in [0.3, 0.4) is 0 Å². The van der Waals surface area contributed by atoms with Crippen molar-refractivity contribution in [2.45, 2.75) is 18.5 Å². The molecule has 0 saturated carbocycles. The summed E-state index contributed by atoms with van der Waals surface area (Å²) in [7, 11) is 0. The molecule has 1 aliphatic heterocycles. The summed E-state index contributed by atoms with van der Waals surface area (Å²) in [5.41, 5.74) is 14.2. The average molecular weight is 304 g/mol. The number of nitrogens with one attached hydrogen (secondary N) is 2. The molecule has 3 rings (SSSR count). The van der Waals surface area contributed by atoms with Gasteiger partial charge in [0, 0.05) is 16.8 Å².